The smallest absolute Gasteiger partial charge is 0.263 e. The summed E-state index contributed by atoms with van der Waals surface area (Å²) < 4.78 is 0. The molecule has 2 aromatic rings. The van der Waals surface area contributed by atoms with E-state index in [0.717, 1.165) is 0 Å². The van der Waals surface area contributed by atoms with Gasteiger partial charge in [-0.15, -0.1) is 36.6 Å². The van der Waals surface area contributed by atoms with E-state index in [1.165, 1.54) is 40.3 Å². The maximum atomic E-state index is 3.44. The minimum absolute atomic E-state index is 0. The number of rotatable bonds is 1. The Labute approximate surface area is 168 Å². The van der Waals surface area contributed by atoms with E-state index in [-0.39, 0.29) is 31.6 Å². The van der Waals surface area contributed by atoms with Crippen LogP contribution < -0.4 is 0 Å². The zero-order chi connectivity index (χ0) is 17.5. The van der Waals surface area contributed by atoms with Gasteiger partial charge in [-0.25, -0.2) is 5.57 Å². The number of hydrogen-bond acceptors (Lipinski definition) is 0. The summed E-state index contributed by atoms with van der Waals surface area (Å²) in [7, 11) is 0. The molecule has 0 bridgehead atoms. The summed E-state index contributed by atoms with van der Waals surface area (Å²) in [5.41, 5.74) is 4.39. The molecule has 1 aliphatic carbocycles. The van der Waals surface area contributed by atoms with Gasteiger partial charge in [0.1, 0.15) is 0 Å². The van der Waals surface area contributed by atoms with Crippen LogP contribution in [0.3, 0.4) is 0 Å². The Morgan fingerprint density at radius 3 is 1.92 bits per heavy atom. The molecule has 0 atom stereocenters. The minimum Gasteiger partial charge on any atom is -0.263 e. The fourth-order valence-corrected chi connectivity index (χ4v) is 2.48. The summed E-state index contributed by atoms with van der Waals surface area (Å²) >= 11 is 0. The van der Waals surface area contributed by atoms with Gasteiger partial charge in [-0.3, -0.25) is 6.08 Å². The van der Waals surface area contributed by atoms with Crippen molar-refractivity contribution in [2.24, 2.45) is 5.41 Å². The quantitative estimate of drug-likeness (QED) is 0.436. The molecule has 0 saturated heterocycles. The molecular formula is C23H32Zr. The summed E-state index contributed by atoms with van der Waals surface area (Å²) in [6.45, 7) is 15.3. The molecule has 0 nitrogen and oxygen atoms in total. The zero-order valence-corrected chi connectivity index (χ0v) is 18.9. The predicted molar refractivity (Wildman–Crippen MR) is 105 cm³/mol. The van der Waals surface area contributed by atoms with Gasteiger partial charge in [0.2, 0.25) is 0 Å². The second-order valence-corrected chi connectivity index (χ2v) is 6.78. The summed E-state index contributed by atoms with van der Waals surface area (Å²) in [4.78, 5) is 0. The molecule has 0 aliphatic heterocycles. The summed E-state index contributed by atoms with van der Waals surface area (Å²) in [5, 5.41) is 2.66. The van der Waals surface area contributed by atoms with Crippen LogP contribution in [-0.2, 0) is 26.2 Å². The fraction of sp³-hybridized carbons (Fsp3) is 0.435. The molecule has 24 heavy (non-hydrogen) atoms. The van der Waals surface area contributed by atoms with Gasteiger partial charge < -0.3 is 0 Å². The molecule has 0 saturated carbocycles. The van der Waals surface area contributed by atoms with Gasteiger partial charge >= 0.3 is 26.2 Å². The van der Waals surface area contributed by atoms with E-state index in [2.05, 4.69) is 97.0 Å². The topological polar surface area (TPSA) is 0 Å². The van der Waals surface area contributed by atoms with E-state index in [9.17, 15) is 0 Å². The van der Waals surface area contributed by atoms with Crippen molar-refractivity contribution in [2.45, 2.75) is 61.3 Å². The standard InChI is InChI=1S/C10H15.C9H7.C4H10.Zr/c1-7-6-10(4,5)9(3)8(7)2;1-2-5-9-7-3-6-8(9)4-1;1-3-4-2;/h1-5H3;1-7H;3-4H2,1-2H3;/q2*-1;;+2. The first-order valence-electron chi connectivity index (χ1n) is 8.74. The van der Waals surface area contributed by atoms with Crippen LogP contribution >= 0.6 is 0 Å². The molecule has 0 fully saturated rings. The van der Waals surface area contributed by atoms with Crippen molar-refractivity contribution in [1.29, 1.82) is 0 Å². The summed E-state index contributed by atoms with van der Waals surface area (Å²) in [6.07, 6.45) is 6.07. The van der Waals surface area contributed by atoms with Crippen LogP contribution in [0.25, 0.3) is 10.8 Å². The second-order valence-electron chi connectivity index (χ2n) is 6.78. The van der Waals surface area contributed by atoms with Gasteiger partial charge in [-0.1, -0.05) is 65.9 Å². The van der Waals surface area contributed by atoms with Crippen LogP contribution in [0, 0.1) is 11.5 Å². The number of allylic oxidation sites excluding steroid dienone is 4. The molecule has 0 radical (unpaired) electrons. The SMILES string of the molecule is CC1=[C-]C(C)(C)C(C)=C1C.CCCC.[Zr+2].c1ccc2[cH-]ccc2c1. The van der Waals surface area contributed by atoms with Gasteiger partial charge in [0.15, 0.2) is 0 Å². The average molecular weight is 400 g/mol. The van der Waals surface area contributed by atoms with Gasteiger partial charge in [0, 0.05) is 0 Å². The Morgan fingerprint density at radius 2 is 1.54 bits per heavy atom. The van der Waals surface area contributed by atoms with Crippen molar-refractivity contribution in [3.05, 3.63) is 65.3 Å². The Hall–Kier alpha value is -0.807. The molecule has 1 aliphatic rings. The normalized spacial score (nSPS) is 14.9. The summed E-state index contributed by atoms with van der Waals surface area (Å²) in [5.74, 6) is 0. The molecular weight excluding hydrogens is 367 g/mol. The zero-order valence-electron chi connectivity index (χ0n) is 16.5. The minimum atomic E-state index is 0. The van der Waals surface area contributed by atoms with Crippen LogP contribution in [0.5, 0.6) is 0 Å². The number of hydrogen-bond donors (Lipinski definition) is 0. The van der Waals surface area contributed by atoms with E-state index >= 15 is 0 Å². The largest absolute Gasteiger partial charge is 2.00 e. The first-order chi connectivity index (χ1) is 10.8. The van der Waals surface area contributed by atoms with Crippen LogP contribution in [0.4, 0.5) is 0 Å². The van der Waals surface area contributed by atoms with E-state index in [0.29, 0.717) is 0 Å². The third-order valence-electron chi connectivity index (χ3n) is 4.61. The Bertz CT molecular complexity index is 636. The van der Waals surface area contributed by atoms with Crippen molar-refractivity contribution in [3.8, 4) is 0 Å². The van der Waals surface area contributed by atoms with E-state index in [1.807, 2.05) is 0 Å². The second kappa shape index (κ2) is 10.9. The Balaban J connectivity index is 0.000000352. The maximum absolute atomic E-state index is 3.44. The van der Waals surface area contributed by atoms with Crippen molar-refractivity contribution in [2.75, 3.05) is 0 Å². The van der Waals surface area contributed by atoms with Gasteiger partial charge in [0.25, 0.3) is 0 Å². The molecule has 1 heteroatoms. The van der Waals surface area contributed by atoms with Gasteiger partial charge in [-0.05, 0) is 0 Å². The van der Waals surface area contributed by atoms with Crippen LogP contribution in [0.15, 0.2) is 59.2 Å². The third kappa shape index (κ3) is 6.60. The number of benzene rings is 1. The van der Waals surface area contributed by atoms with Crippen LogP contribution in [-0.4, -0.2) is 0 Å². The number of fused-ring (bicyclic) bond motifs is 1. The van der Waals surface area contributed by atoms with Gasteiger partial charge in [-0.2, -0.15) is 28.7 Å². The predicted octanol–water partition coefficient (Wildman–Crippen LogP) is 7.47. The molecule has 0 unspecified atom stereocenters. The first kappa shape index (κ1) is 23.2. The Morgan fingerprint density at radius 1 is 0.958 bits per heavy atom. The van der Waals surface area contributed by atoms with Crippen LogP contribution in [0.2, 0.25) is 0 Å². The van der Waals surface area contributed by atoms with E-state index < -0.39 is 0 Å². The monoisotopic (exact) mass is 398 g/mol. The molecule has 0 heterocycles. The molecule has 128 valence electrons. The van der Waals surface area contributed by atoms with Crippen molar-refractivity contribution >= 4 is 10.8 Å². The molecule has 0 spiro atoms. The molecule has 2 aromatic carbocycles. The van der Waals surface area contributed by atoms with Gasteiger partial charge in [0.05, 0.1) is 0 Å². The third-order valence-corrected chi connectivity index (χ3v) is 4.61. The molecule has 3 rings (SSSR count). The summed E-state index contributed by atoms with van der Waals surface area (Å²) in [6, 6.07) is 14.7. The maximum Gasteiger partial charge on any atom is 2.00 e. The van der Waals surface area contributed by atoms with Crippen LogP contribution in [0.1, 0.15) is 61.3 Å². The molecule has 0 aromatic heterocycles. The van der Waals surface area contributed by atoms with Crippen molar-refractivity contribution in [1.82, 2.24) is 0 Å². The van der Waals surface area contributed by atoms with Crippen molar-refractivity contribution < 1.29 is 26.2 Å². The average Bonchev–Trinajstić information content (AvgIpc) is 3.08. The molecule has 0 amide bonds. The van der Waals surface area contributed by atoms with Crippen molar-refractivity contribution in [3.63, 3.8) is 0 Å². The Kier molecular flexibility index (Phi) is 10.6. The van der Waals surface area contributed by atoms with E-state index in [4.69, 9.17) is 0 Å². The molecule has 0 N–H and O–H groups in total. The fourth-order valence-electron chi connectivity index (χ4n) is 2.48. The first-order valence-corrected chi connectivity index (χ1v) is 8.74. The number of unbranched alkanes of at least 4 members (excludes halogenated alkanes) is 1. The van der Waals surface area contributed by atoms with E-state index in [1.54, 1.807) is 0 Å².